The van der Waals surface area contributed by atoms with E-state index in [1.165, 1.54) is 12.8 Å². The van der Waals surface area contributed by atoms with Gasteiger partial charge >= 0.3 is 0 Å². The molecule has 1 aromatic carbocycles. The number of fused-ring (bicyclic) bond motifs is 1. The van der Waals surface area contributed by atoms with Crippen molar-refractivity contribution in [3.63, 3.8) is 0 Å². The van der Waals surface area contributed by atoms with Gasteiger partial charge in [0.15, 0.2) is 0 Å². The summed E-state index contributed by atoms with van der Waals surface area (Å²) in [4.78, 5) is 20.7. The smallest absolute Gasteiger partial charge is 0.248 e. The van der Waals surface area contributed by atoms with E-state index in [0.717, 1.165) is 36.1 Å². The molecular formula is C16H21N3O. The summed E-state index contributed by atoms with van der Waals surface area (Å²) in [6.45, 7) is 4.61. The average Bonchev–Trinajstić information content (AvgIpc) is 2.60. The van der Waals surface area contributed by atoms with E-state index in [0.29, 0.717) is 0 Å². The molecule has 4 nitrogen and oxygen atoms in total. The number of aliphatic imine (C=N–C) groups is 1. The van der Waals surface area contributed by atoms with Gasteiger partial charge in [-0.2, -0.15) is 0 Å². The maximum atomic E-state index is 12.1. The van der Waals surface area contributed by atoms with Crippen LogP contribution in [0.1, 0.15) is 25.3 Å². The Morgan fingerprint density at radius 3 is 2.65 bits per heavy atom. The SMILES string of the molecule is CC1CCN(C2=NCC(=O)N(C)c3ccccc32)CC1. The highest BCUT2D eigenvalue weighted by Gasteiger charge is 2.26. The monoisotopic (exact) mass is 271 g/mol. The van der Waals surface area contributed by atoms with Crippen LogP contribution in [0.15, 0.2) is 29.3 Å². The van der Waals surface area contributed by atoms with Gasteiger partial charge in [-0.1, -0.05) is 19.1 Å². The zero-order chi connectivity index (χ0) is 14.1. The molecule has 2 heterocycles. The lowest BCUT2D eigenvalue weighted by Gasteiger charge is -2.33. The van der Waals surface area contributed by atoms with Crippen molar-refractivity contribution in [3.8, 4) is 0 Å². The summed E-state index contributed by atoms with van der Waals surface area (Å²) in [5.74, 6) is 1.83. The molecule has 0 saturated carbocycles. The number of amides is 1. The second-order valence-corrected chi connectivity index (χ2v) is 5.78. The second kappa shape index (κ2) is 5.27. The lowest BCUT2D eigenvalue weighted by Crippen LogP contribution is -2.38. The molecule has 1 amide bonds. The van der Waals surface area contributed by atoms with Crippen molar-refractivity contribution in [1.29, 1.82) is 0 Å². The van der Waals surface area contributed by atoms with E-state index >= 15 is 0 Å². The minimum atomic E-state index is 0.0535. The van der Waals surface area contributed by atoms with Crippen LogP contribution in [-0.2, 0) is 4.79 Å². The van der Waals surface area contributed by atoms with Gasteiger partial charge in [0.05, 0.1) is 5.69 Å². The minimum absolute atomic E-state index is 0.0535. The zero-order valence-electron chi connectivity index (χ0n) is 12.2. The highest BCUT2D eigenvalue weighted by atomic mass is 16.2. The van der Waals surface area contributed by atoms with Crippen molar-refractivity contribution in [1.82, 2.24) is 4.90 Å². The standard InChI is InChI=1S/C16H21N3O/c1-12-7-9-19(10-8-12)16-13-5-3-4-6-14(13)18(2)15(20)11-17-16/h3-6,12H,7-11H2,1-2H3. The summed E-state index contributed by atoms with van der Waals surface area (Å²) in [7, 11) is 1.83. The fourth-order valence-electron chi connectivity index (χ4n) is 2.91. The molecule has 4 heteroatoms. The van der Waals surface area contributed by atoms with Crippen molar-refractivity contribution in [2.45, 2.75) is 19.8 Å². The zero-order valence-corrected chi connectivity index (χ0v) is 12.2. The number of nitrogens with zero attached hydrogens (tertiary/aromatic N) is 3. The lowest BCUT2D eigenvalue weighted by atomic mass is 9.98. The van der Waals surface area contributed by atoms with Crippen LogP contribution < -0.4 is 4.90 Å². The minimum Gasteiger partial charge on any atom is -0.356 e. The molecule has 0 spiro atoms. The van der Waals surface area contributed by atoms with Crippen molar-refractivity contribution in [3.05, 3.63) is 29.8 Å². The quantitative estimate of drug-likeness (QED) is 0.725. The number of piperidine rings is 1. The number of carbonyl (C=O) groups is 1. The molecule has 3 rings (SSSR count). The molecule has 2 aliphatic rings. The van der Waals surface area contributed by atoms with Gasteiger partial charge in [0, 0.05) is 25.7 Å². The van der Waals surface area contributed by atoms with Crippen molar-refractivity contribution in [2.24, 2.45) is 10.9 Å². The van der Waals surface area contributed by atoms with E-state index in [9.17, 15) is 4.79 Å². The van der Waals surface area contributed by atoms with E-state index in [-0.39, 0.29) is 12.5 Å². The summed E-state index contributed by atoms with van der Waals surface area (Å²) < 4.78 is 0. The van der Waals surface area contributed by atoms with Gasteiger partial charge in [-0.05, 0) is 30.9 Å². The van der Waals surface area contributed by atoms with E-state index in [2.05, 4.69) is 22.9 Å². The van der Waals surface area contributed by atoms with Crippen molar-refractivity contribution < 1.29 is 4.79 Å². The molecule has 0 unspecified atom stereocenters. The van der Waals surface area contributed by atoms with E-state index in [4.69, 9.17) is 0 Å². The Morgan fingerprint density at radius 2 is 1.90 bits per heavy atom. The van der Waals surface area contributed by atoms with Crippen molar-refractivity contribution >= 4 is 17.4 Å². The molecule has 0 aliphatic carbocycles. The second-order valence-electron chi connectivity index (χ2n) is 5.78. The molecule has 0 bridgehead atoms. The molecule has 106 valence electrons. The third-order valence-electron chi connectivity index (χ3n) is 4.33. The summed E-state index contributed by atoms with van der Waals surface area (Å²) in [5, 5.41) is 0. The van der Waals surface area contributed by atoms with Crippen LogP contribution in [0.4, 0.5) is 5.69 Å². The molecule has 0 aromatic heterocycles. The van der Waals surface area contributed by atoms with Crippen LogP contribution in [0.3, 0.4) is 0 Å². The summed E-state index contributed by atoms with van der Waals surface area (Å²) in [5.41, 5.74) is 2.04. The van der Waals surface area contributed by atoms with E-state index in [1.807, 2.05) is 25.2 Å². The van der Waals surface area contributed by atoms with Gasteiger partial charge in [-0.25, -0.2) is 0 Å². The summed E-state index contributed by atoms with van der Waals surface area (Å²) in [6.07, 6.45) is 2.40. The van der Waals surface area contributed by atoms with E-state index in [1.54, 1.807) is 4.90 Å². The number of anilines is 1. The molecular weight excluding hydrogens is 250 g/mol. The van der Waals surface area contributed by atoms with Crippen LogP contribution in [0.5, 0.6) is 0 Å². The number of carbonyl (C=O) groups excluding carboxylic acids is 1. The number of amidine groups is 1. The molecule has 0 atom stereocenters. The number of hydrogen-bond acceptors (Lipinski definition) is 3. The van der Waals surface area contributed by atoms with Gasteiger partial charge < -0.3 is 9.80 Å². The highest BCUT2D eigenvalue weighted by molar-refractivity contribution is 6.10. The first kappa shape index (κ1) is 13.2. The molecule has 1 saturated heterocycles. The Morgan fingerprint density at radius 1 is 1.20 bits per heavy atom. The number of benzene rings is 1. The number of hydrogen-bond donors (Lipinski definition) is 0. The van der Waals surface area contributed by atoms with Gasteiger partial charge in [-0.3, -0.25) is 9.79 Å². The topological polar surface area (TPSA) is 35.9 Å². The summed E-state index contributed by atoms with van der Waals surface area (Å²) in [6, 6.07) is 8.07. The number of para-hydroxylation sites is 1. The largest absolute Gasteiger partial charge is 0.356 e. The van der Waals surface area contributed by atoms with Crippen LogP contribution in [-0.4, -0.2) is 43.3 Å². The normalized spacial score (nSPS) is 20.5. The molecule has 20 heavy (non-hydrogen) atoms. The molecule has 0 N–H and O–H groups in total. The number of benzodiazepines with no additional fused rings is 1. The Kier molecular flexibility index (Phi) is 3.47. The van der Waals surface area contributed by atoms with Gasteiger partial charge in [0.1, 0.15) is 12.4 Å². The van der Waals surface area contributed by atoms with Crippen LogP contribution in [0.25, 0.3) is 0 Å². The molecule has 0 radical (unpaired) electrons. The molecule has 2 aliphatic heterocycles. The molecule has 1 aromatic rings. The fourth-order valence-corrected chi connectivity index (χ4v) is 2.91. The highest BCUT2D eigenvalue weighted by Crippen LogP contribution is 2.26. The maximum absolute atomic E-state index is 12.1. The van der Waals surface area contributed by atoms with Gasteiger partial charge in [0.2, 0.25) is 5.91 Å². The van der Waals surface area contributed by atoms with Gasteiger partial charge in [-0.15, -0.1) is 0 Å². The Balaban J connectivity index is 1.98. The first-order valence-corrected chi connectivity index (χ1v) is 7.32. The predicted molar refractivity (Wildman–Crippen MR) is 81.2 cm³/mol. The van der Waals surface area contributed by atoms with Crippen LogP contribution in [0.2, 0.25) is 0 Å². The Labute approximate surface area is 120 Å². The maximum Gasteiger partial charge on any atom is 0.248 e. The first-order chi connectivity index (χ1) is 9.66. The van der Waals surface area contributed by atoms with E-state index < -0.39 is 0 Å². The predicted octanol–water partition coefficient (Wildman–Crippen LogP) is 2.14. The number of likely N-dealkylation sites (tertiary alicyclic amines) is 1. The van der Waals surface area contributed by atoms with Crippen LogP contribution in [0, 0.1) is 5.92 Å². The summed E-state index contributed by atoms with van der Waals surface area (Å²) >= 11 is 0. The number of rotatable bonds is 0. The third kappa shape index (κ3) is 2.30. The van der Waals surface area contributed by atoms with Crippen molar-refractivity contribution in [2.75, 3.05) is 31.6 Å². The fraction of sp³-hybridized carbons (Fsp3) is 0.500. The average molecular weight is 271 g/mol. The Bertz CT molecular complexity index is 544. The van der Waals surface area contributed by atoms with Gasteiger partial charge in [0.25, 0.3) is 0 Å². The number of likely N-dealkylation sites (N-methyl/N-ethyl adjacent to an activating group) is 1. The third-order valence-corrected chi connectivity index (χ3v) is 4.33. The molecule has 1 fully saturated rings. The first-order valence-electron chi connectivity index (χ1n) is 7.32. The van der Waals surface area contributed by atoms with Crippen LogP contribution >= 0.6 is 0 Å². The lowest BCUT2D eigenvalue weighted by molar-refractivity contribution is -0.116. The Hall–Kier alpha value is -1.84.